The molecule has 0 saturated carbocycles. The third-order valence-electron chi connectivity index (χ3n) is 1.95. The summed E-state index contributed by atoms with van der Waals surface area (Å²) in [5.41, 5.74) is 0. The number of carbonyl (C=O) groups excluding carboxylic acids is 1. The Morgan fingerprint density at radius 2 is 2.33 bits per heavy atom. The highest BCUT2D eigenvalue weighted by atomic mass is 32.1. The number of carbonyl (C=O) groups is 2. The minimum atomic E-state index is -1.02. The Morgan fingerprint density at radius 1 is 1.56 bits per heavy atom. The van der Waals surface area contributed by atoms with Gasteiger partial charge in [0.15, 0.2) is 5.13 Å². The number of aliphatic carboxylic acids is 1. The molecule has 0 aromatic carbocycles. The van der Waals surface area contributed by atoms with Crippen molar-refractivity contribution in [3.8, 4) is 0 Å². The Bertz CT molecular complexity index is 442. The summed E-state index contributed by atoms with van der Waals surface area (Å²) in [4.78, 5) is 26.3. The lowest BCUT2D eigenvalue weighted by atomic mass is 10.3. The Kier molecular flexibility index (Phi) is 5.86. The summed E-state index contributed by atoms with van der Waals surface area (Å²) in [6, 6.07) is -0.299. The van der Waals surface area contributed by atoms with Crippen LogP contribution in [0.2, 0.25) is 0 Å². The summed E-state index contributed by atoms with van der Waals surface area (Å²) < 4.78 is 0. The zero-order valence-electron chi connectivity index (χ0n) is 9.97. The largest absolute Gasteiger partial charge is 0.478 e. The number of hydrogen-bond donors (Lipinski definition) is 3. The SMILES string of the molecule is CCCCNC(=O)Nc1ncc(C=CC(=O)O)s1. The third kappa shape index (κ3) is 5.44. The van der Waals surface area contributed by atoms with Crippen LogP contribution in [0.25, 0.3) is 6.08 Å². The molecule has 3 N–H and O–H groups in total. The predicted molar refractivity (Wildman–Crippen MR) is 70.7 cm³/mol. The molecule has 1 rings (SSSR count). The van der Waals surface area contributed by atoms with Gasteiger partial charge in [-0.1, -0.05) is 24.7 Å². The van der Waals surface area contributed by atoms with Gasteiger partial charge in [-0.15, -0.1) is 0 Å². The van der Waals surface area contributed by atoms with Gasteiger partial charge in [0.2, 0.25) is 0 Å². The fourth-order valence-electron chi connectivity index (χ4n) is 1.09. The highest BCUT2D eigenvalue weighted by Gasteiger charge is 2.04. The van der Waals surface area contributed by atoms with Gasteiger partial charge < -0.3 is 10.4 Å². The molecule has 0 atom stereocenters. The first kappa shape index (κ1) is 14.2. The van der Waals surface area contributed by atoms with Gasteiger partial charge in [0, 0.05) is 23.7 Å². The van der Waals surface area contributed by atoms with E-state index in [0.29, 0.717) is 16.6 Å². The smallest absolute Gasteiger partial charge is 0.328 e. The summed E-state index contributed by atoms with van der Waals surface area (Å²) in [5, 5.41) is 14.2. The molecule has 18 heavy (non-hydrogen) atoms. The third-order valence-corrected chi connectivity index (χ3v) is 2.83. The van der Waals surface area contributed by atoms with Crippen LogP contribution in [0, 0.1) is 0 Å². The maximum atomic E-state index is 11.4. The molecule has 1 aromatic rings. The van der Waals surface area contributed by atoms with Crippen molar-refractivity contribution in [2.24, 2.45) is 0 Å². The van der Waals surface area contributed by atoms with E-state index in [9.17, 15) is 9.59 Å². The summed E-state index contributed by atoms with van der Waals surface area (Å²) in [6.07, 6.45) is 5.91. The van der Waals surface area contributed by atoms with E-state index in [1.165, 1.54) is 23.6 Å². The van der Waals surface area contributed by atoms with Crippen LogP contribution in [0.5, 0.6) is 0 Å². The number of aromatic nitrogens is 1. The van der Waals surface area contributed by atoms with E-state index in [1.807, 2.05) is 6.92 Å². The Labute approximate surface area is 109 Å². The predicted octanol–water partition coefficient (Wildman–Crippen LogP) is 2.16. The lowest BCUT2D eigenvalue weighted by Crippen LogP contribution is -2.29. The molecule has 0 fully saturated rings. The number of nitrogens with one attached hydrogen (secondary N) is 2. The van der Waals surface area contributed by atoms with Gasteiger partial charge in [-0.2, -0.15) is 0 Å². The highest BCUT2D eigenvalue weighted by molar-refractivity contribution is 7.16. The van der Waals surface area contributed by atoms with Crippen molar-refractivity contribution in [2.45, 2.75) is 19.8 Å². The van der Waals surface area contributed by atoms with E-state index < -0.39 is 5.97 Å². The average Bonchev–Trinajstić information content (AvgIpc) is 2.74. The summed E-state index contributed by atoms with van der Waals surface area (Å²) in [7, 11) is 0. The second kappa shape index (κ2) is 7.44. The highest BCUT2D eigenvalue weighted by Crippen LogP contribution is 2.19. The number of nitrogens with zero attached hydrogens (tertiary/aromatic N) is 1. The minimum absolute atomic E-state index is 0.299. The number of carboxylic acids is 1. The molecule has 0 bridgehead atoms. The molecule has 1 heterocycles. The van der Waals surface area contributed by atoms with Crippen molar-refractivity contribution in [3.05, 3.63) is 17.2 Å². The molecular weight excluding hydrogens is 254 g/mol. The van der Waals surface area contributed by atoms with E-state index in [0.717, 1.165) is 18.9 Å². The van der Waals surface area contributed by atoms with E-state index in [2.05, 4.69) is 15.6 Å². The fourth-order valence-corrected chi connectivity index (χ4v) is 1.81. The van der Waals surface area contributed by atoms with Gasteiger partial charge in [0.05, 0.1) is 0 Å². The van der Waals surface area contributed by atoms with Crippen molar-refractivity contribution in [1.82, 2.24) is 10.3 Å². The van der Waals surface area contributed by atoms with Crippen LogP contribution in [0.4, 0.5) is 9.93 Å². The second-order valence-electron chi connectivity index (χ2n) is 3.47. The Morgan fingerprint density at radius 3 is 3.00 bits per heavy atom. The maximum absolute atomic E-state index is 11.4. The van der Waals surface area contributed by atoms with E-state index in [-0.39, 0.29) is 6.03 Å². The fraction of sp³-hybridized carbons (Fsp3) is 0.364. The molecule has 1 aromatic heterocycles. The number of amides is 2. The molecule has 0 aliphatic rings. The van der Waals surface area contributed by atoms with Crippen molar-refractivity contribution >= 4 is 34.5 Å². The van der Waals surface area contributed by atoms with Gasteiger partial charge in [0.25, 0.3) is 0 Å². The number of unbranched alkanes of at least 4 members (excludes halogenated alkanes) is 1. The quantitative estimate of drug-likeness (QED) is 0.545. The number of thiazole rings is 1. The maximum Gasteiger partial charge on any atom is 0.328 e. The zero-order valence-corrected chi connectivity index (χ0v) is 10.8. The standard InChI is InChI=1S/C11H15N3O3S/c1-2-3-6-12-10(17)14-11-13-7-8(18-11)4-5-9(15)16/h4-5,7H,2-3,6H2,1H3,(H,15,16)(H2,12,13,14,17). The molecule has 6 nitrogen and oxygen atoms in total. The van der Waals surface area contributed by atoms with Crippen LogP contribution in [0.1, 0.15) is 24.6 Å². The molecule has 0 saturated heterocycles. The molecule has 0 radical (unpaired) electrons. The van der Waals surface area contributed by atoms with Crippen LogP contribution in [0.3, 0.4) is 0 Å². The van der Waals surface area contributed by atoms with Crippen LogP contribution >= 0.6 is 11.3 Å². The van der Waals surface area contributed by atoms with Gasteiger partial charge in [-0.05, 0) is 12.5 Å². The summed E-state index contributed by atoms with van der Waals surface area (Å²) in [6.45, 7) is 2.67. The lowest BCUT2D eigenvalue weighted by molar-refractivity contribution is -0.131. The van der Waals surface area contributed by atoms with Gasteiger partial charge in [0.1, 0.15) is 0 Å². The molecule has 0 aliphatic carbocycles. The Hall–Kier alpha value is -1.89. The minimum Gasteiger partial charge on any atom is -0.478 e. The zero-order chi connectivity index (χ0) is 13.4. The van der Waals surface area contributed by atoms with Crippen LogP contribution in [0.15, 0.2) is 12.3 Å². The molecule has 0 unspecified atom stereocenters. The molecular formula is C11H15N3O3S. The van der Waals surface area contributed by atoms with Gasteiger partial charge >= 0.3 is 12.0 Å². The van der Waals surface area contributed by atoms with Crippen molar-refractivity contribution < 1.29 is 14.7 Å². The van der Waals surface area contributed by atoms with Crippen LogP contribution in [-0.2, 0) is 4.79 Å². The molecule has 0 spiro atoms. The number of urea groups is 1. The first-order valence-electron chi connectivity index (χ1n) is 5.53. The van der Waals surface area contributed by atoms with Crippen LogP contribution < -0.4 is 10.6 Å². The van der Waals surface area contributed by atoms with Crippen molar-refractivity contribution in [3.63, 3.8) is 0 Å². The number of anilines is 1. The second-order valence-corrected chi connectivity index (χ2v) is 4.54. The van der Waals surface area contributed by atoms with Gasteiger partial charge in [-0.3, -0.25) is 5.32 Å². The summed E-state index contributed by atoms with van der Waals surface area (Å²) in [5.74, 6) is -1.02. The number of carboxylic acid groups (broad SMARTS) is 1. The molecule has 7 heteroatoms. The summed E-state index contributed by atoms with van der Waals surface area (Å²) >= 11 is 1.21. The number of hydrogen-bond acceptors (Lipinski definition) is 4. The Balaban J connectivity index is 2.43. The van der Waals surface area contributed by atoms with E-state index >= 15 is 0 Å². The molecule has 2 amide bonds. The molecule has 98 valence electrons. The lowest BCUT2D eigenvalue weighted by Gasteiger charge is -2.03. The van der Waals surface area contributed by atoms with Crippen molar-refractivity contribution in [1.29, 1.82) is 0 Å². The first-order chi connectivity index (χ1) is 8.61. The van der Waals surface area contributed by atoms with E-state index in [4.69, 9.17) is 5.11 Å². The van der Waals surface area contributed by atoms with E-state index in [1.54, 1.807) is 0 Å². The molecule has 0 aliphatic heterocycles. The monoisotopic (exact) mass is 269 g/mol. The normalized spacial score (nSPS) is 10.5. The van der Waals surface area contributed by atoms with Gasteiger partial charge in [-0.25, -0.2) is 14.6 Å². The van der Waals surface area contributed by atoms with Crippen LogP contribution in [-0.4, -0.2) is 28.6 Å². The van der Waals surface area contributed by atoms with Crippen molar-refractivity contribution in [2.75, 3.05) is 11.9 Å². The topological polar surface area (TPSA) is 91.3 Å². The number of rotatable bonds is 6. The first-order valence-corrected chi connectivity index (χ1v) is 6.35. The average molecular weight is 269 g/mol.